The van der Waals surface area contributed by atoms with Crippen LogP contribution in [0.3, 0.4) is 0 Å². The summed E-state index contributed by atoms with van der Waals surface area (Å²) in [6.45, 7) is 8.48. The smallest absolute Gasteiger partial charge is 0.305 e. The van der Waals surface area contributed by atoms with E-state index < -0.39 is 5.97 Å². The molecule has 0 aromatic rings. The van der Waals surface area contributed by atoms with Crippen molar-refractivity contribution < 1.29 is 24.6 Å². The van der Waals surface area contributed by atoms with E-state index in [9.17, 15) is 14.8 Å². The van der Waals surface area contributed by atoms with Gasteiger partial charge in [-0.3, -0.25) is 9.59 Å². The van der Waals surface area contributed by atoms with Crippen molar-refractivity contribution >= 4 is 11.9 Å². The molecule has 6 nitrogen and oxygen atoms in total. The number of carboxylic acids is 1. The molecule has 0 radical (unpaired) electrons. The number of hydroxylamine groups is 2. The molecule has 26 heavy (non-hydrogen) atoms. The summed E-state index contributed by atoms with van der Waals surface area (Å²) >= 11 is 0. The van der Waals surface area contributed by atoms with Gasteiger partial charge in [-0.2, -0.15) is 5.06 Å². The summed E-state index contributed by atoms with van der Waals surface area (Å²) in [4.78, 5) is 22.3. The number of carbonyl (C=O) groups is 2. The third-order valence-corrected chi connectivity index (χ3v) is 5.22. The Morgan fingerprint density at radius 1 is 0.923 bits per heavy atom. The summed E-state index contributed by atoms with van der Waals surface area (Å²) in [6, 6.07) is 0. The van der Waals surface area contributed by atoms with Gasteiger partial charge in [0, 0.05) is 23.9 Å². The van der Waals surface area contributed by atoms with Gasteiger partial charge in [0.1, 0.15) is 0 Å². The normalized spacial score (nSPS) is 20.0. The van der Waals surface area contributed by atoms with Crippen molar-refractivity contribution in [2.45, 2.75) is 103 Å². The fourth-order valence-corrected chi connectivity index (χ4v) is 4.13. The van der Waals surface area contributed by atoms with Crippen LogP contribution in [0.4, 0.5) is 0 Å². The van der Waals surface area contributed by atoms with Gasteiger partial charge in [-0.1, -0.05) is 25.7 Å². The first-order valence-electron chi connectivity index (χ1n) is 9.91. The molecule has 0 aliphatic carbocycles. The van der Waals surface area contributed by atoms with Gasteiger partial charge in [-0.05, 0) is 59.3 Å². The van der Waals surface area contributed by atoms with Crippen molar-refractivity contribution in [3.05, 3.63) is 0 Å². The van der Waals surface area contributed by atoms with Crippen LogP contribution in [0.5, 0.6) is 0 Å². The van der Waals surface area contributed by atoms with E-state index in [1.807, 2.05) is 27.7 Å². The Morgan fingerprint density at radius 3 is 1.88 bits per heavy atom. The van der Waals surface area contributed by atoms with Crippen LogP contribution in [-0.4, -0.2) is 45.0 Å². The maximum absolute atomic E-state index is 11.9. The zero-order valence-electron chi connectivity index (χ0n) is 16.9. The minimum atomic E-state index is -0.732. The second-order valence-corrected chi connectivity index (χ2v) is 8.91. The molecule has 1 fully saturated rings. The quantitative estimate of drug-likeness (QED) is 0.414. The van der Waals surface area contributed by atoms with E-state index in [1.165, 1.54) is 5.06 Å². The van der Waals surface area contributed by atoms with E-state index >= 15 is 0 Å². The Bertz CT molecular complexity index is 443. The average Bonchev–Trinajstić information content (AvgIpc) is 2.52. The van der Waals surface area contributed by atoms with Crippen LogP contribution < -0.4 is 0 Å². The number of esters is 1. The van der Waals surface area contributed by atoms with E-state index in [1.54, 1.807) is 0 Å². The average molecular weight is 372 g/mol. The number of piperidine rings is 1. The van der Waals surface area contributed by atoms with Gasteiger partial charge in [0.25, 0.3) is 0 Å². The summed E-state index contributed by atoms with van der Waals surface area (Å²) in [5, 5.41) is 20.3. The molecule has 0 spiro atoms. The van der Waals surface area contributed by atoms with Crippen molar-refractivity contribution in [2.24, 2.45) is 5.92 Å². The lowest BCUT2D eigenvalue weighted by Crippen LogP contribution is -2.59. The molecule has 1 aliphatic rings. The Morgan fingerprint density at radius 2 is 1.38 bits per heavy atom. The standard InChI is InChI=1S/C20H37NO5/c1-19(2)13-16(14-20(3,4)21(19)25)15-26-18(24)12-10-8-6-5-7-9-11-17(22)23/h16,25H,5-15H2,1-4H3,(H,22,23). The highest BCUT2D eigenvalue weighted by Gasteiger charge is 2.45. The van der Waals surface area contributed by atoms with E-state index in [-0.39, 0.29) is 29.4 Å². The number of aliphatic carboxylic acids is 1. The number of carboxylic acid groups (broad SMARTS) is 1. The molecule has 1 rings (SSSR count). The van der Waals surface area contributed by atoms with Crippen molar-refractivity contribution in [2.75, 3.05) is 6.61 Å². The molecule has 0 bridgehead atoms. The largest absolute Gasteiger partial charge is 0.481 e. The maximum atomic E-state index is 11.9. The van der Waals surface area contributed by atoms with Crippen molar-refractivity contribution in [1.82, 2.24) is 5.06 Å². The molecule has 152 valence electrons. The Labute approximate surface area is 157 Å². The van der Waals surface area contributed by atoms with Crippen LogP contribution in [0.25, 0.3) is 0 Å². The first kappa shape index (κ1) is 22.9. The molecule has 2 N–H and O–H groups in total. The van der Waals surface area contributed by atoms with Crippen molar-refractivity contribution in [3.8, 4) is 0 Å². The SMILES string of the molecule is CC1(C)CC(COC(=O)CCCCCCCCC(=O)O)CC(C)(C)N1O. The molecule has 0 unspecified atom stereocenters. The van der Waals surface area contributed by atoms with Crippen molar-refractivity contribution in [3.63, 3.8) is 0 Å². The number of nitrogens with zero attached hydrogens (tertiary/aromatic N) is 1. The molecule has 0 saturated carbocycles. The predicted octanol–water partition coefficient (Wildman–Crippen LogP) is 4.39. The van der Waals surface area contributed by atoms with E-state index in [0.717, 1.165) is 51.4 Å². The molecule has 0 aromatic heterocycles. The predicted molar refractivity (Wildman–Crippen MR) is 100 cm³/mol. The van der Waals surface area contributed by atoms with Crippen LogP contribution in [0.1, 0.15) is 91.9 Å². The van der Waals surface area contributed by atoms with Crippen LogP contribution in [-0.2, 0) is 14.3 Å². The van der Waals surface area contributed by atoms with Gasteiger partial charge in [-0.15, -0.1) is 0 Å². The lowest BCUT2D eigenvalue weighted by molar-refractivity contribution is -0.253. The summed E-state index contributed by atoms with van der Waals surface area (Å²) in [5.74, 6) is -0.608. The summed E-state index contributed by atoms with van der Waals surface area (Å²) in [7, 11) is 0. The second kappa shape index (κ2) is 10.3. The lowest BCUT2D eigenvalue weighted by atomic mass is 9.75. The number of carbonyl (C=O) groups excluding carboxylic acids is 1. The minimum Gasteiger partial charge on any atom is -0.481 e. The van der Waals surface area contributed by atoms with Crippen LogP contribution in [0.15, 0.2) is 0 Å². The molecule has 1 saturated heterocycles. The highest BCUT2D eigenvalue weighted by Crippen LogP contribution is 2.39. The number of rotatable bonds is 11. The van der Waals surface area contributed by atoms with E-state index in [0.29, 0.717) is 13.0 Å². The number of hydrogen-bond donors (Lipinski definition) is 2. The minimum absolute atomic E-state index is 0.141. The summed E-state index contributed by atoms with van der Waals surface area (Å²) in [6.07, 6.45) is 7.82. The third-order valence-electron chi connectivity index (χ3n) is 5.22. The monoisotopic (exact) mass is 371 g/mol. The second-order valence-electron chi connectivity index (χ2n) is 8.91. The topological polar surface area (TPSA) is 87.1 Å². The molecule has 0 atom stereocenters. The van der Waals surface area contributed by atoms with Gasteiger partial charge < -0.3 is 15.1 Å². The zero-order chi connectivity index (χ0) is 19.8. The summed E-state index contributed by atoms with van der Waals surface area (Å²) in [5.41, 5.74) is -0.640. The molecule has 0 aromatic carbocycles. The lowest BCUT2D eigenvalue weighted by Gasteiger charge is -2.51. The van der Waals surface area contributed by atoms with Gasteiger partial charge in [0.2, 0.25) is 0 Å². The number of unbranched alkanes of at least 4 members (excludes halogenated alkanes) is 5. The first-order valence-corrected chi connectivity index (χ1v) is 9.91. The Hall–Kier alpha value is -1.14. The van der Waals surface area contributed by atoms with Crippen LogP contribution >= 0.6 is 0 Å². The third kappa shape index (κ3) is 8.04. The Balaban J connectivity index is 2.14. The maximum Gasteiger partial charge on any atom is 0.305 e. The van der Waals surface area contributed by atoms with Gasteiger partial charge >= 0.3 is 11.9 Å². The fraction of sp³-hybridized carbons (Fsp3) is 0.900. The number of ether oxygens (including phenoxy) is 1. The van der Waals surface area contributed by atoms with Crippen LogP contribution in [0, 0.1) is 5.92 Å². The van der Waals surface area contributed by atoms with Gasteiger partial charge in [0.05, 0.1) is 6.61 Å². The summed E-state index contributed by atoms with van der Waals surface area (Å²) < 4.78 is 5.47. The molecular weight excluding hydrogens is 334 g/mol. The molecule has 6 heteroatoms. The molecule has 1 aliphatic heterocycles. The number of hydrogen-bond acceptors (Lipinski definition) is 5. The van der Waals surface area contributed by atoms with Crippen LogP contribution in [0.2, 0.25) is 0 Å². The fourth-order valence-electron chi connectivity index (χ4n) is 4.13. The van der Waals surface area contributed by atoms with Crippen molar-refractivity contribution in [1.29, 1.82) is 0 Å². The van der Waals surface area contributed by atoms with E-state index in [2.05, 4.69) is 0 Å². The zero-order valence-corrected chi connectivity index (χ0v) is 16.9. The highest BCUT2D eigenvalue weighted by molar-refractivity contribution is 5.69. The van der Waals surface area contributed by atoms with Gasteiger partial charge in [-0.25, -0.2) is 0 Å². The molecule has 1 heterocycles. The first-order chi connectivity index (χ1) is 12.0. The van der Waals surface area contributed by atoms with Gasteiger partial charge in [0.15, 0.2) is 0 Å². The molecular formula is C20H37NO5. The Kier molecular flexibility index (Phi) is 9.04. The highest BCUT2D eigenvalue weighted by atomic mass is 16.5. The molecule has 0 amide bonds. The van der Waals surface area contributed by atoms with E-state index in [4.69, 9.17) is 9.84 Å².